The second-order valence-electron chi connectivity index (χ2n) is 6.59. The van der Waals surface area contributed by atoms with Gasteiger partial charge in [0.2, 0.25) is 0 Å². The molecule has 1 saturated heterocycles. The summed E-state index contributed by atoms with van der Waals surface area (Å²) in [6, 6.07) is 3.18. The highest BCUT2D eigenvalue weighted by molar-refractivity contribution is 6.61. The Morgan fingerprint density at radius 2 is 1.35 bits per heavy atom. The standard InChI is InChI=1S/C16H17BF2N2O2/c1-15(2)16(3,4)23-17(22-15)11-8-20-14(21-9-11)10-5-12(18)7-13(19)6-10/h5-9H,1-4H3. The molecule has 4 nitrogen and oxygen atoms in total. The third-order valence-corrected chi connectivity index (χ3v) is 4.32. The van der Waals surface area contributed by atoms with Crippen molar-refractivity contribution in [3.63, 3.8) is 0 Å². The monoisotopic (exact) mass is 318 g/mol. The van der Waals surface area contributed by atoms with Crippen molar-refractivity contribution in [2.24, 2.45) is 0 Å². The summed E-state index contributed by atoms with van der Waals surface area (Å²) in [5.74, 6) is -1.10. The van der Waals surface area contributed by atoms with Gasteiger partial charge in [-0.15, -0.1) is 0 Å². The average Bonchev–Trinajstić information content (AvgIpc) is 2.66. The van der Waals surface area contributed by atoms with Crippen molar-refractivity contribution in [1.29, 1.82) is 0 Å². The smallest absolute Gasteiger partial charge is 0.399 e. The Labute approximate surface area is 134 Å². The summed E-state index contributed by atoms with van der Waals surface area (Å²) in [4.78, 5) is 8.33. The van der Waals surface area contributed by atoms with Crippen LogP contribution in [0.25, 0.3) is 11.4 Å². The zero-order chi connectivity index (χ0) is 16.8. The minimum absolute atomic E-state index is 0.240. The second kappa shape index (κ2) is 5.35. The van der Waals surface area contributed by atoms with Crippen LogP contribution in [-0.4, -0.2) is 28.3 Å². The third kappa shape index (κ3) is 2.98. The normalized spacial score (nSPS) is 19.1. The molecule has 2 aromatic rings. The summed E-state index contributed by atoms with van der Waals surface area (Å²) >= 11 is 0. The van der Waals surface area contributed by atoms with E-state index in [1.807, 2.05) is 27.7 Å². The lowest BCUT2D eigenvalue weighted by atomic mass is 9.81. The molecule has 0 radical (unpaired) electrons. The fraction of sp³-hybridized carbons (Fsp3) is 0.375. The molecule has 23 heavy (non-hydrogen) atoms. The first-order valence-corrected chi connectivity index (χ1v) is 7.32. The summed E-state index contributed by atoms with van der Waals surface area (Å²) in [6.45, 7) is 7.82. The van der Waals surface area contributed by atoms with E-state index in [1.165, 1.54) is 12.1 Å². The lowest BCUT2D eigenvalue weighted by Gasteiger charge is -2.32. The first-order chi connectivity index (χ1) is 10.7. The topological polar surface area (TPSA) is 44.2 Å². The Hall–Kier alpha value is -1.86. The molecule has 0 saturated carbocycles. The molecule has 1 aromatic carbocycles. The molecule has 1 aliphatic rings. The summed E-state index contributed by atoms with van der Waals surface area (Å²) < 4.78 is 38.4. The number of halogens is 2. The Morgan fingerprint density at radius 1 is 0.870 bits per heavy atom. The first-order valence-electron chi connectivity index (χ1n) is 7.32. The lowest BCUT2D eigenvalue weighted by Crippen LogP contribution is -2.41. The van der Waals surface area contributed by atoms with Gasteiger partial charge in [0.05, 0.1) is 11.2 Å². The van der Waals surface area contributed by atoms with E-state index < -0.39 is 30.0 Å². The lowest BCUT2D eigenvalue weighted by molar-refractivity contribution is 0.00578. The number of aromatic nitrogens is 2. The number of hydrogen-bond donors (Lipinski definition) is 0. The van der Waals surface area contributed by atoms with E-state index in [-0.39, 0.29) is 11.4 Å². The SMILES string of the molecule is CC1(C)OB(c2cnc(-c3cc(F)cc(F)c3)nc2)OC1(C)C. The molecule has 1 aliphatic heterocycles. The fourth-order valence-corrected chi connectivity index (χ4v) is 2.27. The van der Waals surface area contributed by atoms with Gasteiger partial charge >= 0.3 is 7.12 Å². The van der Waals surface area contributed by atoms with Crippen molar-refractivity contribution in [3.8, 4) is 11.4 Å². The van der Waals surface area contributed by atoms with Gasteiger partial charge in [-0.2, -0.15) is 0 Å². The second-order valence-corrected chi connectivity index (χ2v) is 6.59. The number of benzene rings is 1. The van der Waals surface area contributed by atoms with Crippen molar-refractivity contribution in [2.75, 3.05) is 0 Å². The minimum Gasteiger partial charge on any atom is -0.399 e. The number of nitrogens with zero attached hydrogens (tertiary/aromatic N) is 2. The Kier molecular flexibility index (Phi) is 3.73. The Morgan fingerprint density at radius 3 is 1.83 bits per heavy atom. The number of hydrogen-bond acceptors (Lipinski definition) is 4. The zero-order valence-corrected chi connectivity index (χ0v) is 13.4. The molecular formula is C16H17BF2N2O2. The maximum absolute atomic E-state index is 13.3. The van der Waals surface area contributed by atoms with E-state index in [1.54, 1.807) is 12.4 Å². The highest BCUT2D eigenvalue weighted by atomic mass is 19.1. The maximum Gasteiger partial charge on any atom is 0.498 e. The van der Waals surface area contributed by atoms with Gasteiger partial charge in [0.25, 0.3) is 0 Å². The predicted octanol–water partition coefficient (Wildman–Crippen LogP) is 2.72. The van der Waals surface area contributed by atoms with Crippen LogP contribution in [0, 0.1) is 11.6 Å². The Balaban J connectivity index is 1.86. The van der Waals surface area contributed by atoms with E-state index >= 15 is 0 Å². The molecule has 0 amide bonds. The summed E-state index contributed by atoms with van der Waals surface area (Å²) in [7, 11) is -0.571. The van der Waals surface area contributed by atoms with Crippen LogP contribution in [0.4, 0.5) is 8.78 Å². The Bertz CT molecular complexity index is 699. The van der Waals surface area contributed by atoms with E-state index in [0.29, 0.717) is 5.46 Å². The molecule has 7 heteroatoms. The molecular weight excluding hydrogens is 301 g/mol. The summed E-state index contributed by atoms with van der Waals surface area (Å²) in [5, 5.41) is 0. The zero-order valence-electron chi connectivity index (χ0n) is 13.4. The molecule has 0 bridgehead atoms. The number of rotatable bonds is 2. The minimum atomic E-state index is -0.668. The van der Waals surface area contributed by atoms with Crippen LogP contribution in [0.1, 0.15) is 27.7 Å². The molecule has 120 valence electrons. The van der Waals surface area contributed by atoms with Crippen molar-refractivity contribution in [3.05, 3.63) is 42.2 Å². The largest absolute Gasteiger partial charge is 0.498 e. The van der Waals surface area contributed by atoms with Gasteiger partial charge in [-0.05, 0) is 39.8 Å². The fourth-order valence-electron chi connectivity index (χ4n) is 2.27. The quantitative estimate of drug-likeness (QED) is 0.799. The van der Waals surface area contributed by atoms with Crippen LogP contribution in [0.2, 0.25) is 0 Å². The van der Waals surface area contributed by atoms with Gasteiger partial charge in [0, 0.05) is 29.5 Å². The van der Waals surface area contributed by atoms with Crippen LogP contribution in [0.3, 0.4) is 0 Å². The van der Waals surface area contributed by atoms with E-state index in [4.69, 9.17) is 9.31 Å². The van der Waals surface area contributed by atoms with Crippen molar-refractivity contribution >= 4 is 12.6 Å². The predicted molar refractivity (Wildman–Crippen MR) is 83.1 cm³/mol. The first kappa shape index (κ1) is 16.0. The van der Waals surface area contributed by atoms with E-state index in [2.05, 4.69) is 9.97 Å². The molecule has 2 heterocycles. The summed E-state index contributed by atoms with van der Waals surface area (Å²) in [5.41, 5.74) is 0.0246. The van der Waals surface area contributed by atoms with Gasteiger partial charge in [-0.25, -0.2) is 18.7 Å². The van der Waals surface area contributed by atoms with Crippen molar-refractivity contribution in [1.82, 2.24) is 9.97 Å². The van der Waals surface area contributed by atoms with E-state index in [0.717, 1.165) is 6.07 Å². The van der Waals surface area contributed by atoms with Crippen LogP contribution >= 0.6 is 0 Å². The molecule has 0 N–H and O–H groups in total. The average molecular weight is 318 g/mol. The van der Waals surface area contributed by atoms with Crippen molar-refractivity contribution in [2.45, 2.75) is 38.9 Å². The molecule has 3 rings (SSSR count). The molecule has 0 aliphatic carbocycles. The van der Waals surface area contributed by atoms with Gasteiger partial charge in [0.1, 0.15) is 11.6 Å². The molecule has 0 atom stereocenters. The molecule has 0 spiro atoms. The molecule has 0 unspecified atom stereocenters. The van der Waals surface area contributed by atoms with Gasteiger partial charge in [-0.3, -0.25) is 0 Å². The molecule has 1 fully saturated rings. The van der Waals surface area contributed by atoms with Crippen LogP contribution in [-0.2, 0) is 9.31 Å². The van der Waals surface area contributed by atoms with Gasteiger partial charge < -0.3 is 9.31 Å². The third-order valence-electron chi connectivity index (χ3n) is 4.32. The highest BCUT2D eigenvalue weighted by Gasteiger charge is 2.51. The van der Waals surface area contributed by atoms with Crippen molar-refractivity contribution < 1.29 is 18.1 Å². The van der Waals surface area contributed by atoms with Gasteiger partial charge in [-0.1, -0.05) is 0 Å². The van der Waals surface area contributed by atoms with Crippen LogP contribution < -0.4 is 5.46 Å². The van der Waals surface area contributed by atoms with E-state index in [9.17, 15) is 8.78 Å². The van der Waals surface area contributed by atoms with Crippen LogP contribution in [0.5, 0.6) is 0 Å². The maximum atomic E-state index is 13.3. The highest BCUT2D eigenvalue weighted by Crippen LogP contribution is 2.36. The van der Waals surface area contributed by atoms with Gasteiger partial charge in [0.15, 0.2) is 5.82 Å². The molecule has 1 aromatic heterocycles. The van der Waals surface area contributed by atoms with Crippen LogP contribution in [0.15, 0.2) is 30.6 Å². The summed E-state index contributed by atoms with van der Waals surface area (Å²) in [6.07, 6.45) is 3.10.